The average molecular weight is 288 g/mol. The van der Waals surface area contributed by atoms with Gasteiger partial charge in [-0.05, 0) is 57.6 Å². The Bertz CT molecular complexity index is 874. The Balaban J connectivity index is 1.98. The highest BCUT2D eigenvalue weighted by atomic mass is 16.5. The Morgan fingerprint density at radius 1 is 0.818 bits per heavy atom. The molecule has 0 spiro atoms. The first kappa shape index (κ1) is 13.4. The zero-order valence-electron chi connectivity index (χ0n) is 13.3. The first-order valence-electron chi connectivity index (χ1n) is 7.79. The molecule has 1 aliphatic carbocycles. The molecule has 4 rings (SSSR count). The summed E-state index contributed by atoms with van der Waals surface area (Å²) in [5.74, 6) is 0.918. The van der Waals surface area contributed by atoms with Crippen LogP contribution < -0.4 is 4.74 Å². The summed E-state index contributed by atoms with van der Waals surface area (Å²) in [6, 6.07) is 19.9. The second-order valence-electron chi connectivity index (χ2n) is 6.68. The molecule has 0 fully saturated rings. The lowest BCUT2D eigenvalue weighted by molar-refractivity contribution is 0.415. The van der Waals surface area contributed by atoms with E-state index in [9.17, 15) is 0 Å². The molecule has 0 amide bonds. The SMILES string of the molecule is COc1ccc2cc3c(cc2c1)C(C)(C)c1ccccc1C3. The van der Waals surface area contributed by atoms with Gasteiger partial charge in [0.25, 0.3) is 0 Å². The zero-order chi connectivity index (χ0) is 15.3. The minimum Gasteiger partial charge on any atom is -0.497 e. The molecular weight excluding hydrogens is 268 g/mol. The van der Waals surface area contributed by atoms with Crippen molar-refractivity contribution >= 4 is 10.8 Å². The van der Waals surface area contributed by atoms with Crippen molar-refractivity contribution in [3.05, 3.63) is 76.9 Å². The van der Waals surface area contributed by atoms with Crippen LogP contribution in [0.1, 0.15) is 36.1 Å². The molecule has 0 saturated heterocycles. The van der Waals surface area contributed by atoms with Crippen molar-refractivity contribution in [2.24, 2.45) is 0 Å². The van der Waals surface area contributed by atoms with Crippen LogP contribution in [0.25, 0.3) is 10.8 Å². The predicted octanol–water partition coefficient (Wildman–Crippen LogP) is 5.08. The van der Waals surface area contributed by atoms with E-state index in [1.54, 1.807) is 7.11 Å². The Hall–Kier alpha value is -2.28. The molecule has 3 aromatic rings. The Labute approximate surface area is 131 Å². The van der Waals surface area contributed by atoms with Gasteiger partial charge in [0.05, 0.1) is 7.11 Å². The van der Waals surface area contributed by atoms with Gasteiger partial charge in [0, 0.05) is 5.41 Å². The fourth-order valence-electron chi connectivity index (χ4n) is 3.81. The van der Waals surface area contributed by atoms with E-state index in [1.165, 1.54) is 33.0 Å². The van der Waals surface area contributed by atoms with E-state index >= 15 is 0 Å². The van der Waals surface area contributed by atoms with Crippen molar-refractivity contribution in [2.45, 2.75) is 25.7 Å². The normalized spacial score (nSPS) is 15.2. The number of methoxy groups -OCH3 is 1. The summed E-state index contributed by atoms with van der Waals surface area (Å²) in [5, 5.41) is 2.54. The molecule has 0 aliphatic heterocycles. The van der Waals surface area contributed by atoms with E-state index in [-0.39, 0.29) is 5.41 Å². The van der Waals surface area contributed by atoms with Crippen LogP contribution in [0.4, 0.5) is 0 Å². The topological polar surface area (TPSA) is 9.23 Å². The molecule has 0 N–H and O–H groups in total. The fraction of sp³-hybridized carbons (Fsp3) is 0.238. The van der Waals surface area contributed by atoms with Crippen LogP contribution in [0.2, 0.25) is 0 Å². The first-order valence-corrected chi connectivity index (χ1v) is 7.79. The van der Waals surface area contributed by atoms with Gasteiger partial charge in [0.15, 0.2) is 0 Å². The molecule has 0 unspecified atom stereocenters. The van der Waals surface area contributed by atoms with Crippen molar-refractivity contribution in [1.82, 2.24) is 0 Å². The molecule has 0 radical (unpaired) electrons. The molecule has 0 heterocycles. The molecule has 1 heteroatoms. The van der Waals surface area contributed by atoms with Crippen LogP contribution in [0.3, 0.4) is 0 Å². The summed E-state index contributed by atoms with van der Waals surface area (Å²) < 4.78 is 5.37. The van der Waals surface area contributed by atoms with E-state index in [0.29, 0.717) is 0 Å². The predicted molar refractivity (Wildman–Crippen MR) is 91.9 cm³/mol. The van der Waals surface area contributed by atoms with E-state index in [4.69, 9.17) is 4.74 Å². The zero-order valence-corrected chi connectivity index (χ0v) is 13.3. The molecule has 0 bridgehead atoms. The quantitative estimate of drug-likeness (QED) is 0.607. The molecule has 1 aliphatic rings. The summed E-state index contributed by atoms with van der Waals surface area (Å²) in [4.78, 5) is 0. The number of fused-ring (bicyclic) bond motifs is 3. The number of benzene rings is 3. The number of rotatable bonds is 1. The van der Waals surface area contributed by atoms with Gasteiger partial charge in [-0.25, -0.2) is 0 Å². The maximum absolute atomic E-state index is 5.37. The van der Waals surface area contributed by atoms with Crippen molar-refractivity contribution < 1.29 is 4.74 Å². The Kier molecular flexibility index (Phi) is 2.80. The number of hydrogen-bond donors (Lipinski definition) is 0. The molecule has 3 aromatic carbocycles. The van der Waals surface area contributed by atoms with Crippen molar-refractivity contribution in [1.29, 1.82) is 0 Å². The summed E-state index contributed by atoms with van der Waals surface area (Å²) >= 11 is 0. The minimum atomic E-state index is 0.0431. The second-order valence-corrected chi connectivity index (χ2v) is 6.68. The smallest absolute Gasteiger partial charge is 0.119 e. The van der Waals surface area contributed by atoms with Crippen LogP contribution in [-0.4, -0.2) is 7.11 Å². The lowest BCUT2D eigenvalue weighted by Gasteiger charge is -2.35. The number of ether oxygens (including phenoxy) is 1. The third-order valence-corrected chi connectivity index (χ3v) is 5.01. The van der Waals surface area contributed by atoms with Crippen molar-refractivity contribution in [2.75, 3.05) is 7.11 Å². The van der Waals surface area contributed by atoms with Gasteiger partial charge in [-0.3, -0.25) is 0 Å². The van der Waals surface area contributed by atoms with E-state index in [0.717, 1.165) is 12.2 Å². The van der Waals surface area contributed by atoms with Crippen molar-refractivity contribution in [3.8, 4) is 5.75 Å². The maximum Gasteiger partial charge on any atom is 0.119 e. The van der Waals surface area contributed by atoms with E-state index in [1.807, 2.05) is 6.07 Å². The molecule has 22 heavy (non-hydrogen) atoms. The molecule has 110 valence electrons. The highest BCUT2D eigenvalue weighted by molar-refractivity contribution is 5.86. The van der Waals surface area contributed by atoms with E-state index in [2.05, 4.69) is 62.4 Å². The van der Waals surface area contributed by atoms with Gasteiger partial charge in [-0.15, -0.1) is 0 Å². The van der Waals surface area contributed by atoms with Gasteiger partial charge in [-0.2, -0.15) is 0 Å². The molecule has 0 aromatic heterocycles. The fourth-order valence-corrected chi connectivity index (χ4v) is 3.81. The number of hydrogen-bond acceptors (Lipinski definition) is 1. The van der Waals surface area contributed by atoms with Crippen LogP contribution in [0.5, 0.6) is 5.75 Å². The lowest BCUT2D eigenvalue weighted by Crippen LogP contribution is -2.26. The van der Waals surface area contributed by atoms with Crippen molar-refractivity contribution in [3.63, 3.8) is 0 Å². The highest BCUT2D eigenvalue weighted by Crippen LogP contribution is 2.42. The van der Waals surface area contributed by atoms with Gasteiger partial charge in [0.1, 0.15) is 5.75 Å². The summed E-state index contributed by atoms with van der Waals surface area (Å²) in [6.45, 7) is 4.66. The third-order valence-electron chi connectivity index (χ3n) is 5.01. The first-order chi connectivity index (χ1) is 10.6. The molecule has 0 saturated carbocycles. The summed E-state index contributed by atoms with van der Waals surface area (Å²) in [5.41, 5.74) is 5.83. The van der Waals surface area contributed by atoms with Crippen LogP contribution in [-0.2, 0) is 11.8 Å². The molecule has 0 atom stereocenters. The van der Waals surface area contributed by atoms with Crippen LogP contribution in [0, 0.1) is 0 Å². The van der Waals surface area contributed by atoms with Gasteiger partial charge < -0.3 is 4.74 Å². The Morgan fingerprint density at radius 2 is 1.64 bits per heavy atom. The molecule has 1 nitrogen and oxygen atoms in total. The van der Waals surface area contributed by atoms with Gasteiger partial charge in [0.2, 0.25) is 0 Å². The minimum absolute atomic E-state index is 0.0431. The molecular formula is C21H20O. The Morgan fingerprint density at radius 3 is 2.45 bits per heavy atom. The second kappa shape index (κ2) is 4.61. The van der Waals surface area contributed by atoms with E-state index < -0.39 is 0 Å². The lowest BCUT2D eigenvalue weighted by atomic mass is 9.68. The summed E-state index contributed by atoms with van der Waals surface area (Å²) in [6.07, 6.45) is 1.02. The van der Waals surface area contributed by atoms with Crippen LogP contribution >= 0.6 is 0 Å². The van der Waals surface area contributed by atoms with Gasteiger partial charge in [-0.1, -0.05) is 50.2 Å². The average Bonchev–Trinajstić information content (AvgIpc) is 2.53. The third kappa shape index (κ3) is 1.85. The highest BCUT2D eigenvalue weighted by Gasteiger charge is 2.32. The largest absolute Gasteiger partial charge is 0.497 e. The standard InChI is InChI=1S/C21H20O/c1-21(2)19-7-5-4-6-15(19)11-17-10-14-8-9-18(22-3)12-16(14)13-20(17)21/h4-10,12-13H,11H2,1-3H3. The summed E-state index contributed by atoms with van der Waals surface area (Å²) in [7, 11) is 1.72. The maximum atomic E-state index is 5.37. The van der Waals surface area contributed by atoms with Crippen LogP contribution in [0.15, 0.2) is 54.6 Å². The van der Waals surface area contributed by atoms with Gasteiger partial charge >= 0.3 is 0 Å². The monoisotopic (exact) mass is 288 g/mol.